The zero-order chi connectivity index (χ0) is 8.48. The number of H-pyrrole nitrogens is 1. The number of aromatic amines is 1. The summed E-state index contributed by atoms with van der Waals surface area (Å²) in [5.74, 6) is 1.56. The molecule has 0 radical (unpaired) electrons. The molecule has 1 aromatic heterocycles. The third-order valence-corrected chi connectivity index (χ3v) is 1.40. The summed E-state index contributed by atoms with van der Waals surface area (Å²) in [7, 11) is 0. The predicted molar refractivity (Wildman–Crippen MR) is 43.0 cm³/mol. The van der Waals surface area contributed by atoms with Gasteiger partial charge in [0.05, 0.1) is 6.54 Å². The van der Waals surface area contributed by atoms with Crippen molar-refractivity contribution >= 4 is 0 Å². The van der Waals surface area contributed by atoms with Crippen molar-refractivity contribution in [3.05, 3.63) is 11.6 Å². The molecule has 0 atom stereocenters. The maximum Gasteiger partial charge on any atom is 0.156 e. The predicted octanol–water partition coefficient (Wildman–Crippen LogP) is 0.561. The smallest absolute Gasteiger partial charge is 0.156 e. The Morgan fingerprint density at radius 2 is 2.09 bits per heavy atom. The number of hydrogen-bond donors (Lipinski definition) is 2. The molecule has 0 aliphatic rings. The summed E-state index contributed by atoms with van der Waals surface area (Å²) in [6.45, 7) is 6.62. The molecular weight excluding hydrogens is 140 g/mol. The standard InChI is InChI=1S/C7H14N4/c1-7(2,3)6-9-5(4-8)10-11-6/h4,8H2,1-3H3,(H,9,10,11). The van der Waals surface area contributed by atoms with Gasteiger partial charge in [0.2, 0.25) is 0 Å². The summed E-state index contributed by atoms with van der Waals surface area (Å²) in [6.07, 6.45) is 0. The topological polar surface area (TPSA) is 67.6 Å². The maximum absolute atomic E-state index is 5.37. The first kappa shape index (κ1) is 8.20. The van der Waals surface area contributed by atoms with Gasteiger partial charge in [-0.05, 0) is 0 Å². The van der Waals surface area contributed by atoms with Crippen molar-refractivity contribution in [1.29, 1.82) is 0 Å². The molecule has 0 aliphatic heterocycles. The summed E-state index contributed by atoms with van der Waals surface area (Å²) < 4.78 is 0. The highest BCUT2D eigenvalue weighted by Crippen LogP contribution is 2.16. The second-order valence-electron chi connectivity index (χ2n) is 3.56. The van der Waals surface area contributed by atoms with Crippen LogP contribution in [0.5, 0.6) is 0 Å². The van der Waals surface area contributed by atoms with E-state index in [9.17, 15) is 0 Å². The molecule has 0 spiro atoms. The number of hydrogen-bond acceptors (Lipinski definition) is 3. The lowest BCUT2D eigenvalue weighted by atomic mass is 9.96. The lowest BCUT2D eigenvalue weighted by Crippen LogP contribution is -2.13. The number of nitrogens with two attached hydrogens (primary N) is 1. The van der Waals surface area contributed by atoms with Crippen LogP contribution in [0, 0.1) is 0 Å². The van der Waals surface area contributed by atoms with E-state index in [4.69, 9.17) is 5.73 Å². The molecule has 11 heavy (non-hydrogen) atoms. The highest BCUT2D eigenvalue weighted by molar-refractivity contribution is 5.01. The molecular formula is C7H14N4. The largest absolute Gasteiger partial charge is 0.324 e. The van der Waals surface area contributed by atoms with E-state index >= 15 is 0 Å². The van der Waals surface area contributed by atoms with E-state index in [1.165, 1.54) is 0 Å². The van der Waals surface area contributed by atoms with Crippen molar-refractivity contribution in [2.45, 2.75) is 32.7 Å². The van der Waals surface area contributed by atoms with E-state index in [1.54, 1.807) is 0 Å². The fourth-order valence-electron chi connectivity index (χ4n) is 0.722. The van der Waals surface area contributed by atoms with Gasteiger partial charge in [-0.2, -0.15) is 5.10 Å². The number of aromatic nitrogens is 3. The second kappa shape index (κ2) is 2.62. The van der Waals surface area contributed by atoms with E-state index in [1.807, 2.05) is 0 Å². The van der Waals surface area contributed by atoms with Gasteiger partial charge in [0.1, 0.15) is 5.82 Å². The number of nitrogens with one attached hydrogen (secondary N) is 1. The quantitative estimate of drug-likeness (QED) is 0.621. The van der Waals surface area contributed by atoms with E-state index in [2.05, 4.69) is 36.0 Å². The van der Waals surface area contributed by atoms with Gasteiger partial charge >= 0.3 is 0 Å². The number of rotatable bonds is 1. The van der Waals surface area contributed by atoms with Crippen molar-refractivity contribution in [2.24, 2.45) is 5.73 Å². The van der Waals surface area contributed by atoms with Crippen LogP contribution in [0.2, 0.25) is 0 Å². The maximum atomic E-state index is 5.37. The Kier molecular flexibility index (Phi) is 1.95. The van der Waals surface area contributed by atoms with Crippen LogP contribution >= 0.6 is 0 Å². The van der Waals surface area contributed by atoms with Gasteiger partial charge in [-0.1, -0.05) is 20.8 Å². The molecule has 0 aliphatic carbocycles. The zero-order valence-electron chi connectivity index (χ0n) is 7.18. The molecule has 0 aromatic carbocycles. The summed E-state index contributed by atoms with van der Waals surface area (Å²) in [5.41, 5.74) is 5.38. The van der Waals surface area contributed by atoms with E-state index in [0.717, 1.165) is 11.6 Å². The average molecular weight is 154 g/mol. The summed E-state index contributed by atoms with van der Waals surface area (Å²) in [6, 6.07) is 0. The van der Waals surface area contributed by atoms with E-state index < -0.39 is 0 Å². The lowest BCUT2D eigenvalue weighted by Gasteiger charge is -2.11. The Hall–Kier alpha value is -0.900. The zero-order valence-corrected chi connectivity index (χ0v) is 7.18. The Morgan fingerprint density at radius 3 is 2.36 bits per heavy atom. The van der Waals surface area contributed by atoms with Gasteiger partial charge in [-0.25, -0.2) is 4.98 Å². The molecule has 1 heterocycles. The molecule has 0 saturated heterocycles. The molecule has 1 aromatic rings. The summed E-state index contributed by atoms with van der Waals surface area (Å²) in [4.78, 5) is 4.21. The van der Waals surface area contributed by atoms with Crippen LogP contribution in [-0.4, -0.2) is 15.2 Å². The monoisotopic (exact) mass is 154 g/mol. The summed E-state index contributed by atoms with van der Waals surface area (Å²) >= 11 is 0. The van der Waals surface area contributed by atoms with Crippen molar-refractivity contribution in [3.63, 3.8) is 0 Å². The van der Waals surface area contributed by atoms with E-state index in [-0.39, 0.29) is 5.41 Å². The third kappa shape index (κ3) is 1.77. The van der Waals surface area contributed by atoms with Crippen LogP contribution in [0.4, 0.5) is 0 Å². The average Bonchev–Trinajstić information content (AvgIpc) is 2.32. The third-order valence-electron chi connectivity index (χ3n) is 1.40. The Labute approximate surface area is 66.2 Å². The Bertz CT molecular complexity index is 233. The van der Waals surface area contributed by atoms with Crippen LogP contribution in [0.25, 0.3) is 0 Å². The Balaban J connectivity index is 2.89. The minimum absolute atomic E-state index is 0.00389. The van der Waals surface area contributed by atoms with E-state index in [0.29, 0.717) is 6.54 Å². The molecule has 1 rings (SSSR count). The van der Waals surface area contributed by atoms with Crippen molar-refractivity contribution in [1.82, 2.24) is 15.2 Å². The second-order valence-corrected chi connectivity index (χ2v) is 3.56. The van der Waals surface area contributed by atoms with Gasteiger partial charge in [0, 0.05) is 5.41 Å². The fourth-order valence-corrected chi connectivity index (χ4v) is 0.722. The lowest BCUT2D eigenvalue weighted by molar-refractivity contribution is 0.547. The van der Waals surface area contributed by atoms with Gasteiger partial charge in [0.25, 0.3) is 0 Å². The SMILES string of the molecule is CC(C)(C)c1n[nH]c(CN)n1. The van der Waals surface area contributed by atoms with Crippen LogP contribution < -0.4 is 5.73 Å². The Morgan fingerprint density at radius 1 is 1.45 bits per heavy atom. The molecule has 3 N–H and O–H groups in total. The van der Waals surface area contributed by atoms with Gasteiger partial charge in [-0.3, -0.25) is 5.10 Å². The normalized spacial score (nSPS) is 12.0. The van der Waals surface area contributed by atoms with Crippen molar-refractivity contribution < 1.29 is 0 Å². The minimum Gasteiger partial charge on any atom is -0.324 e. The first-order valence-electron chi connectivity index (χ1n) is 3.66. The van der Waals surface area contributed by atoms with Crippen LogP contribution in [0.1, 0.15) is 32.4 Å². The molecule has 4 nitrogen and oxygen atoms in total. The minimum atomic E-state index is 0.00389. The van der Waals surface area contributed by atoms with Crippen molar-refractivity contribution in [2.75, 3.05) is 0 Å². The summed E-state index contributed by atoms with van der Waals surface area (Å²) in [5, 5.41) is 6.82. The first-order valence-corrected chi connectivity index (χ1v) is 3.66. The molecule has 62 valence electrons. The molecule has 0 fully saturated rings. The fraction of sp³-hybridized carbons (Fsp3) is 0.714. The van der Waals surface area contributed by atoms with Crippen LogP contribution in [0.15, 0.2) is 0 Å². The van der Waals surface area contributed by atoms with Gasteiger partial charge < -0.3 is 5.73 Å². The molecule has 0 unspecified atom stereocenters. The highest BCUT2D eigenvalue weighted by Gasteiger charge is 2.18. The molecule has 4 heteroatoms. The highest BCUT2D eigenvalue weighted by atomic mass is 15.2. The van der Waals surface area contributed by atoms with Crippen molar-refractivity contribution in [3.8, 4) is 0 Å². The number of nitrogens with zero attached hydrogens (tertiary/aromatic N) is 2. The van der Waals surface area contributed by atoms with Gasteiger partial charge in [0.15, 0.2) is 5.82 Å². The van der Waals surface area contributed by atoms with Gasteiger partial charge in [-0.15, -0.1) is 0 Å². The molecule has 0 amide bonds. The van der Waals surface area contributed by atoms with Crippen LogP contribution in [0.3, 0.4) is 0 Å². The van der Waals surface area contributed by atoms with Crippen LogP contribution in [-0.2, 0) is 12.0 Å². The molecule has 0 bridgehead atoms. The first-order chi connectivity index (χ1) is 5.04. The molecule has 0 saturated carbocycles.